The van der Waals surface area contributed by atoms with Gasteiger partial charge in [0.05, 0.1) is 5.03 Å². The summed E-state index contributed by atoms with van der Waals surface area (Å²) in [5, 5.41) is 1.93. The highest BCUT2D eigenvalue weighted by Crippen LogP contribution is 2.27. The third-order valence-corrected chi connectivity index (χ3v) is 3.06. The third kappa shape index (κ3) is 2.34. The number of rotatable bonds is 2. The molecule has 1 aromatic heterocycles. The molecule has 0 atom stereocenters. The second kappa shape index (κ2) is 4.11. The fourth-order valence-corrected chi connectivity index (χ4v) is 2.18. The zero-order valence-electron chi connectivity index (χ0n) is 7.75. The van der Waals surface area contributed by atoms with Crippen molar-refractivity contribution in [2.24, 2.45) is 0 Å². The van der Waals surface area contributed by atoms with E-state index in [0.717, 1.165) is 10.0 Å². The molecule has 2 aromatic rings. The summed E-state index contributed by atoms with van der Waals surface area (Å²) in [4.78, 5) is 4.39. The minimum atomic E-state index is 0.775. The summed E-state index contributed by atoms with van der Waals surface area (Å²) in [7, 11) is 0. The van der Waals surface area contributed by atoms with Gasteiger partial charge in [-0.3, -0.25) is 0 Å². The van der Waals surface area contributed by atoms with E-state index in [4.69, 9.17) is 11.6 Å². The molecule has 0 saturated carbocycles. The van der Waals surface area contributed by atoms with Crippen LogP contribution in [0.4, 0.5) is 0 Å². The lowest BCUT2D eigenvalue weighted by Crippen LogP contribution is -1.71. The Bertz CT molecular complexity index is 419. The zero-order valence-corrected chi connectivity index (χ0v) is 9.32. The number of hydrogen-bond donors (Lipinski definition) is 1. The predicted molar refractivity (Wildman–Crippen MR) is 61.1 cm³/mol. The average molecular weight is 224 g/mol. The van der Waals surface area contributed by atoms with Gasteiger partial charge in [-0.25, -0.2) is 0 Å². The van der Waals surface area contributed by atoms with Crippen LogP contribution in [0.3, 0.4) is 0 Å². The first-order chi connectivity index (χ1) is 6.74. The molecule has 72 valence electrons. The lowest BCUT2D eigenvalue weighted by Gasteiger charge is -1.98. The van der Waals surface area contributed by atoms with E-state index in [1.807, 2.05) is 30.5 Å². The summed E-state index contributed by atoms with van der Waals surface area (Å²) in [5.41, 5.74) is 1.25. The second-order valence-corrected chi connectivity index (χ2v) is 4.65. The fraction of sp³-hybridized carbons (Fsp3) is 0.0909. The molecule has 0 bridgehead atoms. The number of nitrogens with one attached hydrogen (secondary N) is 1. The maximum atomic E-state index is 5.80. The van der Waals surface area contributed by atoms with Crippen LogP contribution in [0.2, 0.25) is 5.02 Å². The van der Waals surface area contributed by atoms with Gasteiger partial charge in [0.25, 0.3) is 0 Å². The van der Waals surface area contributed by atoms with E-state index in [9.17, 15) is 0 Å². The van der Waals surface area contributed by atoms with Gasteiger partial charge in [-0.2, -0.15) is 0 Å². The molecule has 1 heterocycles. The van der Waals surface area contributed by atoms with Crippen molar-refractivity contribution in [3.8, 4) is 0 Å². The molecular weight excluding hydrogens is 214 g/mol. The smallest absolute Gasteiger partial charge is 0.0772 e. The zero-order chi connectivity index (χ0) is 9.97. The molecule has 0 amide bonds. The fourth-order valence-electron chi connectivity index (χ4n) is 1.16. The number of aromatic amines is 1. The van der Waals surface area contributed by atoms with E-state index in [1.165, 1.54) is 10.5 Å². The van der Waals surface area contributed by atoms with Gasteiger partial charge in [-0.15, -0.1) is 0 Å². The largest absolute Gasteiger partial charge is 0.356 e. The van der Waals surface area contributed by atoms with Gasteiger partial charge in [0.1, 0.15) is 0 Å². The van der Waals surface area contributed by atoms with Crippen LogP contribution in [0.5, 0.6) is 0 Å². The highest BCUT2D eigenvalue weighted by atomic mass is 35.5. The van der Waals surface area contributed by atoms with Crippen molar-refractivity contribution in [2.45, 2.75) is 16.8 Å². The van der Waals surface area contributed by atoms with Crippen molar-refractivity contribution < 1.29 is 0 Å². The van der Waals surface area contributed by atoms with Crippen molar-refractivity contribution in [1.29, 1.82) is 0 Å². The summed E-state index contributed by atoms with van der Waals surface area (Å²) in [5.74, 6) is 0. The maximum absolute atomic E-state index is 5.80. The van der Waals surface area contributed by atoms with Gasteiger partial charge in [0.15, 0.2) is 0 Å². The van der Waals surface area contributed by atoms with Crippen molar-refractivity contribution in [1.82, 2.24) is 4.98 Å². The molecule has 0 spiro atoms. The van der Waals surface area contributed by atoms with Crippen molar-refractivity contribution in [3.05, 3.63) is 47.1 Å². The number of benzene rings is 1. The van der Waals surface area contributed by atoms with E-state index in [1.54, 1.807) is 11.8 Å². The van der Waals surface area contributed by atoms with Gasteiger partial charge in [0, 0.05) is 16.1 Å². The van der Waals surface area contributed by atoms with Crippen LogP contribution in [0.15, 0.2) is 46.5 Å². The molecule has 2 rings (SSSR count). The van der Waals surface area contributed by atoms with E-state index >= 15 is 0 Å². The van der Waals surface area contributed by atoms with E-state index in [2.05, 4.69) is 18.0 Å². The van der Waals surface area contributed by atoms with E-state index in [-0.39, 0.29) is 0 Å². The van der Waals surface area contributed by atoms with Crippen LogP contribution < -0.4 is 0 Å². The Labute approximate surface area is 92.5 Å². The summed E-state index contributed by atoms with van der Waals surface area (Å²) < 4.78 is 0. The van der Waals surface area contributed by atoms with Gasteiger partial charge in [-0.1, -0.05) is 23.4 Å². The predicted octanol–water partition coefficient (Wildman–Crippen LogP) is 4.13. The monoisotopic (exact) mass is 223 g/mol. The van der Waals surface area contributed by atoms with Crippen molar-refractivity contribution >= 4 is 23.4 Å². The number of aryl methyl sites for hydroxylation is 1. The minimum Gasteiger partial charge on any atom is -0.356 e. The average Bonchev–Trinajstić information content (AvgIpc) is 2.56. The Hall–Kier alpha value is -0.860. The first-order valence-corrected chi connectivity index (χ1v) is 5.52. The summed E-state index contributed by atoms with van der Waals surface area (Å²) in [6.07, 6.45) is 2.00. The Morgan fingerprint density at radius 1 is 1.21 bits per heavy atom. The quantitative estimate of drug-likeness (QED) is 0.810. The Morgan fingerprint density at radius 2 is 1.93 bits per heavy atom. The van der Waals surface area contributed by atoms with Crippen molar-refractivity contribution in [3.63, 3.8) is 0 Å². The maximum Gasteiger partial charge on any atom is 0.0772 e. The molecule has 0 unspecified atom stereocenters. The third-order valence-electron chi connectivity index (χ3n) is 1.84. The number of aromatic nitrogens is 1. The lowest BCUT2D eigenvalue weighted by molar-refractivity contribution is 1.20. The number of H-pyrrole nitrogens is 1. The SMILES string of the molecule is Cc1c[nH]c(Sc2ccc(Cl)cc2)c1. The summed E-state index contributed by atoms with van der Waals surface area (Å²) in [6, 6.07) is 9.96. The molecule has 0 fully saturated rings. The molecule has 3 heteroatoms. The molecule has 1 aromatic carbocycles. The molecule has 0 aliphatic carbocycles. The van der Waals surface area contributed by atoms with Gasteiger partial charge in [-0.05, 0) is 42.8 Å². The molecule has 1 N–H and O–H groups in total. The normalized spacial score (nSPS) is 10.4. The molecule has 0 saturated heterocycles. The van der Waals surface area contributed by atoms with Crippen molar-refractivity contribution in [2.75, 3.05) is 0 Å². The van der Waals surface area contributed by atoms with Crippen LogP contribution >= 0.6 is 23.4 Å². The van der Waals surface area contributed by atoms with Crippen LogP contribution in [-0.4, -0.2) is 4.98 Å². The van der Waals surface area contributed by atoms with Gasteiger partial charge in [0.2, 0.25) is 0 Å². The lowest BCUT2D eigenvalue weighted by atomic mass is 10.4. The topological polar surface area (TPSA) is 15.8 Å². The van der Waals surface area contributed by atoms with E-state index < -0.39 is 0 Å². The number of hydrogen-bond acceptors (Lipinski definition) is 1. The number of halogens is 1. The molecular formula is C11H10ClNS. The Kier molecular flexibility index (Phi) is 2.85. The highest BCUT2D eigenvalue weighted by Gasteiger charge is 1.98. The first-order valence-electron chi connectivity index (χ1n) is 4.32. The summed E-state index contributed by atoms with van der Waals surface area (Å²) in [6.45, 7) is 2.07. The van der Waals surface area contributed by atoms with Crippen LogP contribution in [0, 0.1) is 6.92 Å². The second-order valence-electron chi connectivity index (χ2n) is 3.10. The molecule has 0 radical (unpaired) electrons. The molecule has 0 aliphatic rings. The summed E-state index contributed by atoms with van der Waals surface area (Å²) >= 11 is 7.50. The van der Waals surface area contributed by atoms with Crippen LogP contribution in [0.1, 0.15) is 5.56 Å². The standard InChI is InChI=1S/C11H10ClNS/c1-8-6-11(13-7-8)14-10-4-2-9(12)3-5-10/h2-7,13H,1H3. The molecule has 1 nitrogen and oxygen atoms in total. The van der Waals surface area contributed by atoms with Crippen LogP contribution in [-0.2, 0) is 0 Å². The molecule has 14 heavy (non-hydrogen) atoms. The highest BCUT2D eigenvalue weighted by molar-refractivity contribution is 7.99. The van der Waals surface area contributed by atoms with Crippen LogP contribution in [0.25, 0.3) is 0 Å². The minimum absolute atomic E-state index is 0.775. The van der Waals surface area contributed by atoms with Gasteiger partial charge < -0.3 is 4.98 Å². The molecule has 0 aliphatic heterocycles. The van der Waals surface area contributed by atoms with Gasteiger partial charge >= 0.3 is 0 Å². The Morgan fingerprint density at radius 3 is 2.50 bits per heavy atom. The Balaban J connectivity index is 2.15. The first kappa shape index (κ1) is 9.69. The van der Waals surface area contributed by atoms with E-state index in [0.29, 0.717) is 0 Å².